The van der Waals surface area contributed by atoms with Gasteiger partial charge in [0.15, 0.2) is 0 Å². The molecule has 10 heteroatoms. The molecular formula is C24H23F3N2O4S. The highest BCUT2D eigenvalue weighted by Crippen LogP contribution is 2.33. The lowest BCUT2D eigenvalue weighted by atomic mass is 9.98. The van der Waals surface area contributed by atoms with Crippen molar-refractivity contribution < 1.29 is 31.1 Å². The minimum absolute atomic E-state index is 0.104. The summed E-state index contributed by atoms with van der Waals surface area (Å²) in [4.78, 5) is 13.0. The number of carbonyl (C=O) groups excluding carboxylic acids is 1. The first-order valence-electron chi connectivity index (χ1n) is 10.2. The number of nitrogens with one attached hydrogen (secondary N) is 1. The van der Waals surface area contributed by atoms with E-state index in [4.69, 9.17) is 4.74 Å². The molecule has 0 aliphatic rings. The van der Waals surface area contributed by atoms with E-state index >= 15 is 0 Å². The predicted molar refractivity (Wildman–Crippen MR) is 123 cm³/mol. The molecular weight excluding hydrogens is 469 g/mol. The molecule has 3 aromatic rings. The summed E-state index contributed by atoms with van der Waals surface area (Å²) in [5, 5.41) is 2.67. The van der Waals surface area contributed by atoms with Crippen LogP contribution in [0.1, 0.15) is 22.8 Å². The first-order valence-corrected chi connectivity index (χ1v) is 11.7. The predicted octanol–water partition coefficient (Wildman–Crippen LogP) is 5.27. The number of amides is 1. The molecule has 0 aliphatic carbocycles. The van der Waals surface area contributed by atoms with E-state index in [9.17, 15) is 26.4 Å². The van der Waals surface area contributed by atoms with E-state index in [-0.39, 0.29) is 28.5 Å². The Morgan fingerprint density at radius 2 is 1.65 bits per heavy atom. The fraction of sp³-hybridized carbons (Fsp3) is 0.208. The fourth-order valence-electron chi connectivity index (χ4n) is 3.23. The summed E-state index contributed by atoms with van der Waals surface area (Å²) in [6.45, 7) is 1.97. The van der Waals surface area contributed by atoms with Crippen molar-refractivity contribution >= 4 is 21.6 Å². The first-order chi connectivity index (χ1) is 15.9. The van der Waals surface area contributed by atoms with E-state index in [2.05, 4.69) is 5.32 Å². The maximum atomic E-state index is 13.1. The van der Waals surface area contributed by atoms with Crippen molar-refractivity contribution in [2.24, 2.45) is 0 Å². The van der Waals surface area contributed by atoms with Gasteiger partial charge in [-0.3, -0.25) is 4.79 Å². The van der Waals surface area contributed by atoms with Crippen molar-refractivity contribution in [1.82, 2.24) is 4.31 Å². The quantitative estimate of drug-likeness (QED) is 0.487. The monoisotopic (exact) mass is 492 g/mol. The molecule has 0 saturated heterocycles. The van der Waals surface area contributed by atoms with Gasteiger partial charge in [-0.15, -0.1) is 0 Å². The molecule has 0 saturated carbocycles. The molecule has 0 aliphatic heterocycles. The van der Waals surface area contributed by atoms with Crippen LogP contribution in [0.5, 0.6) is 5.75 Å². The van der Waals surface area contributed by atoms with Crippen molar-refractivity contribution in [2.45, 2.75) is 18.0 Å². The number of ether oxygens (including phenoxy) is 1. The van der Waals surface area contributed by atoms with E-state index < -0.39 is 27.7 Å². The minimum Gasteiger partial charge on any atom is -0.492 e. The first kappa shape index (κ1) is 25.3. The third-order valence-electron chi connectivity index (χ3n) is 4.95. The number of rotatable bonds is 7. The Bertz CT molecular complexity index is 1290. The molecule has 0 aromatic heterocycles. The van der Waals surface area contributed by atoms with E-state index in [1.165, 1.54) is 50.5 Å². The van der Waals surface area contributed by atoms with Crippen LogP contribution in [0.15, 0.2) is 71.6 Å². The maximum absolute atomic E-state index is 13.1. The summed E-state index contributed by atoms with van der Waals surface area (Å²) < 4.78 is 70.6. The van der Waals surface area contributed by atoms with Crippen LogP contribution in [0.2, 0.25) is 0 Å². The molecule has 0 bridgehead atoms. The van der Waals surface area contributed by atoms with Crippen molar-refractivity contribution in [3.63, 3.8) is 0 Å². The zero-order valence-corrected chi connectivity index (χ0v) is 19.5. The number of sulfonamides is 1. The summed E-state index contributed by atoms with van der Waals surface area (Å²) in [6, 6.07) is 15.2. The molecule has 0 radical (unpaired) electrons. The van der Waals surface area contributed by atoms with Crippen LogP contribution in [0, 0.1) is 0 Å². The summed E-state index contributed by atoms with van der Waals surface area (Å²) in [5.74, 6) is -0.396. The molecule has 0 fully saturated rings. The summed E-state index contributed by atoms with van der Waals surface area (Å²) in [7, 11) is -1.08. The van der Waals surface area contributed by atoms with E-state index in [1.807, 2.05) is 0 Å². The van der Waals surface area contributed by atoms with Gasteiger partial charge in [0.2, 0.25) is 10.0 Å². The normalized spacial score (nSPS) is 12.0. The van der Waals surface area contributed by atoms with Crippen LogP contribution < -0.4 is 10.1 Å². The van der Waals surface area contributed by atoms with Crippen LogP contribution in [-0.4, -0.2) is 39.3 Å². The SMILES string of the molecule is CCOc1ccc(NC(=O)c2ccccc2-c2ccc(C(F)(F)F)cc2)cc1S(=O)(=O)N(C)C. The highest BCUT2D eigenvalue weighted by atomic mass is 32.2. The Balaban J connectivity index is 1.96. The fourth-order valence-corrected chi connectivity index (χ4v) is 4.28. The third kappa shape index (κ3) is 5.40. The van der Waals surface area contributed by atoms with Gasteiger partial charge in [0, 0.05) is 25.3 Å². The molecule has 0 spiro atoms. The van der Waals surface area contributed by atoms with E-state index in [0.717, 1.165) is 16.4 Å². The number of hydrogen-bond donors (Lipinski definition) is 1. The largest absolute Gasteiger partial charge is 0.492 e. The lowest BCUT2D eigenvalue weighted by Gasteiger charge is -2.17. The zero-order valence-electron chi connectivity index (χ0n) is 18.7. The number of anilines is 1. The maximum Gasteiger partial charge on any atom is 0.416 e. The topological polar surface area (TPSA) is 75.7 Å². The number of alkyl halides is 3. The minimum atomic E-state index is -4.46. The van der Waals surface area contributed by atoms with Gasteiger partial charge in [-0.25, -0.2) is 12.7 Å². The molecule has 34 heavy (non-hydrogen) atoms. The number of hydrogen-bond acceptors (Lipinski definition) is 4. The highest BCUT2D eigenvalue weighted by Gasteiger charge is 2.30. The second-order valence-corrected chi connectivity index (χ2v) is 9.58. The lowest BCUT2D eigenvalue weighted by molar-refractivity contribution is -0.137. The van der Waals surface area contributed by atoms with Crippen molar-refractivity contribution in [3.8, 4) is 16.9 Å². The smallest absolute Gasteiger partial charge is 0.416 e. The van der Waals surface area contributed by atoms with Crippen LogP contribution in [0.3, 0.4) is 0 Å². The highest BCUT2D eigenvalue weighted by molar-refractivity contribution is 7.89. The molecule has 1 amide bonds. The van der Waals surface area contributed by atoms with Crippen LogP contribution in [-0.2, 0) is 16.2 Å². The van der Waals surface area contributed by atoms with Gasteiger partial charge < -0.3 is 10.1 Å². The number of halogens is 3. The Hall–Kier alpha value is -3.37. The van der Waals surface area contributed by atoms with Crippen LogP contribution in [0.25, 0.3) is 11.1 Å². The third-order valence-corrected chi connectivity index (χ3v) is 6.79. The van der Waals surface area contributed by atoms with Gasteiger partial charge in [0.05, 0.1) is 12.2 Å². The Morgan fingerprint density at radius 1 is 1.00 bits per heavy atom. The van der Waals surface area contributed by atoms with Crippen molar-refractivity contribution in [2.75, 3.05) is 26.0 Å². The molecule has 3 rings (SSSR count). The van der Waals surface area contributed by atoms with E-state index in [1.54, 1.807) is 25.1 Å². The van der Waals surface area contributed by atoms with Gasteiger partial charge in [0.25, 0.3) is 5.91 Å². The molecule has 0 unspecified atom stereocenters. The molecule has 0 heterocycles. The molecule has 180 valence electrons. The molecule has 0 atom stereocenters. The van der Waals surface area contributed by atoms with Gasteiger partial charge in [-0.05, 0) is 54.4 Å². The van der Waals surface area contributed by atoms with Gasteiger partial charge in [0.1, 0.15) is 10.6 Å². The Kier molecular flexibility index (Phi) is 7.32. The second-order valence-electron chi connectivity index (χ2n) is 7.46. The zero-order chi connectivity index (χ0) is 25.1. The number of nitrogens with zero attached hydrogens (tertiary/aromatic N) is 1. The second kappa shape index (κ2) is 9.86. The summed E-state index contributed by atoms with van der Waals surface area (Å²) in [6.07, 6.45) is -4.46. The van der Waals surface area contributed by atoms with Crippen LogP contribution >= 0.6 is 0 Å². The summed E-state index contributed by atoms with van der Waals surface area (Å²) in [5.41, 5.74) is 0.508. The number of benzene rings is 3. The van der Waals surface area contributed by atoms with Crippen molar-refractivity contribution in [1.29, 1.82) is 0 Å². The Labute approximate surface area is 196 Å². The standard InChI is InChI=1S/C24H23F3N2O4S/c1-4-33-21-14-13-18(15-22(21)34(31,32)29(2)3)28-23(30)20-8-6-5-7-19(20)16-9-11-17(12-10-16)24(25,26)27/h5-15H,4H2,1-3H3,(H,28,30). The van der Waals surface area contributed by atoms with Gasteiger partial charge >= 0.3 is 6.18 Å². The lowest BCUT2D eigenvalue weighted by Crippen LogP contribution is -2.23. The van der Waals surface area contributed by atoms with Gasteiger partial charge in [-0.1, -0.05) is 30.3 Å². The van der Waals surface area contributed by atoms with Crippen LogP contribution in [0.4, 0.5) is 18.9 Å². The summed E-state index contributed by atoms with van der Waals surface area (Å²) >= 11 is 0. The molecule has 1 N–H and O–H groups in total. The van der Waals surface area contributed by atoms with E-state index in [0.29, 0.717) is 11.1 Å². The number of carbonyl (C=O) groups is 1. The average molecular weight is 493 g/mol. The average Bonchev–Trinajstić information content (AvgIpc) is 2.79. The van der Waals surface area contributed by atoms with Gasteiger partial charge in [-0.2, -0.15) is 13.2 Å². The molecule has 3 aromatic carbocycles. The van der Waals surface area contributed by atoms with Crippen molar-refractivity contribution in [3.05, 3.63) is 77.9 Å². The molecule has 6 nitrogen and oxygen atoms in total. The Morgan fingerprint density at radius 3 is 2.24 bits per heavy atom.